The highest BCUT2D eigenvalue weighted by Gasteiger charge is 2.18. The summed E-state index contributed by atoms with van der Waals surface area (Å²) < 4.78 is 5.58. The molecule has 3 N–H and O–H groups in total. The zero-order valence-electron chi connectivity index (χ0n) is 8.21. The van der Waals surface area contributed by atoms with Crippen LogP contribution in [0.2, 0.25) is 0 Å². The van der Waals surface area contributed by atoms with Crippen molar-refractivity contribution >= 4 is 5.84 Å². The highest BCUT2D eigenvalue weighted by molar-refractivity contribution is 5.79. The SMILES string of the molecule is CC1Cc2cc(CC(=N)N)ccc2O1. The lowest BCUT2D eigenvalue weighted by atomic mass is 10.0. The highest BCUT2D eigenvalue weighted by atomic mass is 16.5. The largest absolute Gasteiger partial charge is 0.490 e. The Hall–Kier alpha value is -1.51. The molecule has 0 aromatic heterocycles. The molecule has 0 saturated carbocycles. The minimum atomic E-state index is 0.205. The maximum Gasteiger partial charge on any atom is 0.123 e. The van der Waals surface area contributed by atoms with Crippen molar-refractivity contribution in [3.05, 3.63) is 29.3 Å². The van der Waals surface area contributed by atoms with Crippen LogP contribution in [-0.2, 0) is 12.8 Å². The Labute approximate surface area is 83.4 Å². The Morgan fingerprint density at radius 3 is 3.14 bits per heavy atom. The van der Waals surface area contributed by atoms with Gasteiger partial charge in [0, 0.05) is 12.8 Å². The first-order valence-electron chi connectivity index (χ1n) is 4.76. The lowest BCUT2D eigenvalue weighted by molar-refractivity contribution is 0.254. The van der Waals surface area contributed by atoms with Crippen molar-refractivity contribution in [2.24, 2.45) is 5.73 Å². The molecule has 3 heteroatoms. The summed E-state index contributed by atoms with van der Waals surface area (Å²) in [7, 11) is 0. The Bertz CT molecular complexity index is 374. The number of hydrogen-bond donors (Lipinski definition) is 2. The second-order valence-electron chi connectivity index (χ2n) is 3.78. The number of nitrogens with two attached hydrogens (primary N) is 1. The van der Waals surface area contributed by atoms with Crippen LogP contribution in [0.3, 0.4) is 0 Å². The van der Waals surface area contributed by atoms with E-state index in [-0.39, 0.29) is 11.9 Å². The number of nitrogens with one attached hydrogen (secondary N) is 1. The van der Waals surface area contributed by atoms with Gasteiger partial charge in [-0.25, -0.2) is 0 Å². The van der Waals surface area contributed by atoms with Gasteiger partial charge in [-0.15, -0.1) is 0 Å². The van der Waals surface area contributed by atoms with Crippen molar-refractivity contribution in [1.82, 2.24) is 0 Å². The molecule has 1 atom stereocenters. The molecule has 1 aromatic carbocycles. The zero-order chi connectivity index (χ0) is 10.1. The van der Waals surface area contributed by atoms with Gasteiger partial charge >= 0.3 is 0 Å². The van der Waals surface area contributed by atoms with Crippen LogP contribution in [0.15, 0.2) is 18.2 Å². The minimum absolute atomic E-state index is 0.205. The predicted molar refractivity (Wildman–Crippen MR) is 55.9 cm³/mol. The third-order valence-electron chi connectivity index (χ3n) is 2.35. The average molecular weight is 190 g/mol. The number of amidine groups is 1. The van der Waals surface area contributed by atoms with Crippen LogP contribution in [0, 0.1) is 5.41 Å². The zero-order valence-corrected chi connectivity index (χ0v) is 8.21. The summed E-state index contributed by atoms with van der Waals surface area (Å²) in [5, 5.41) is 7.21. The summed E-state index contributed by atoms with van der Waals surface area (Å²) in [5.74, 6) is 1.18. The molecule has 1 aromatic rings. The summed E-state index contributed by atoms with van der Waals surface area (Å²) in [6.07, 6.45) is 1.76. The molecule has 14 heavy (non-hydrogen) atoms. The van der Waals surface area contributed by atoms with Gasteiger partial charge in [0.25, 0.3) is 0 Å². The summed E-state index contributed by atoms with van der Waals surface area (Å²) in [4.78, 5) is 0. The maximum absolute atomic E-state index is 7.21. The standard InChI is InChI=1S/C11H14N2O/c1-7-4-9-5-8(6-11(12)13)2-3-10(9)14-7/h2-3,5,7H,4,6H2,1H3,(H3,12,13). The number of rotatable bonds is 2. The van der Waals surface area contributed by atoms with Gasteiger partial charge in [-0.1, -0.05) is 12.1 Å². The number of hydrogen-bond acceptors (Lipinski definition) is 2. The molecule has 1 unspecified atom stereocenters. The molecule has 0 spiro atoms. The molecule has 0 aliphatic carbocycles. The van der Waals surface area contributed by atoms with Crippen molar-refractivity contribution in [2.75, 3.05) is 0 Å². The Morgan fingerprint density at radius 1 is 1.64 bits per heavy atom. The second kappa shape index (κ2) is 3.33. The van der Waals surface area contributed by atoms with Crippen molar-refractivity contribution in [3.63, 3.8) is 0 Å². The van der Waals surface area contributed by atoms with Crippen LogP contribution in [0.1, 0.15) is 18.1 Å². The first-order chi connectivity index (χ1) is 6.65. The van der Waals surface area contributed by atoms with Gasteiger partial charge in [0.2, 0.25) is 0 Å². The van der Waals surface area contributed by atoms with Crippen LogP contribution in [0.5, 0.6) is 5.75 Å². The summed E-state index contributed by atoms with van der Waals surface area (Å²) in [5.41, 5.74) is 7.67. The van der Waals surface area contributed by atoms with E-state index in [4.69, 9.17) is 15.9 Å². The van der Waals surface area contributed by atoms with E-state index in [1.54, 1.807) is 0 Å². The van der Waals surface area contributed by atoms with E-state index in [9.17, 15) is 0 Å². The summed E-state index contributed by atoms with van der Waals surface area (Å²) in [6, 6.07) is 6.02. The highest BCUT2D eigenvalue weighted by Crippen LogP contribution is 2.29. The molecule has 0 radical (unpaired) electrons. The summed E-state index contributed by atoms with van der Waals surface area (Å²) in [6.45, 7) is 2.06. The van der Waals surface area contributed by atoms with Crippen molar-refractivity contribution in [2.45, 2.75) is 25.9 Å². The lowest BCUT2D eigenvalue weighted by Gasteiger charge is -2.03. The van der Waals surface area contributed by atoms with Crippen molar-refractivity contribution in [3.8, 4) is 5.75 Å². The lowest BCUT2D eigenvalue weighted by Crippen LogP contribution is -2.12. The summed E-state index contributed by atoms with van der Waals surface area (Å²) >= 11 is 0. The second-order valence-corrected chi connectivity index (χ2v) is 3.78. The molecule has 0 saturated heterocycles. The van der Waals surface area contributed by atoms with Gasteiger partial charge < -0.3 is 10.5 Å². The van der Waals surface area contributed by atoms with Crippen LogP contribution in [-0.4, -0.2) is 11.9 Å². The first kappa shape index (κ1) is 9.06. The van der Waals surface area contributed by atoms with Crippen LogP contribution in [0.25, 0.3) is 0 Å². The average Bonchev–Trinajstić information content (AvgIpc) is 2.42. The first-order valence-corrected chi connectivity index (χ1v) is 4.76. The molecular formula is C11H14N2O. The van der Waals surface area contributed by atoms with Gasteiger partial charge in [0.1, 0.15) is 11.9 Å². The molecular weight excluding hydrogens is 176 g/mol. The van der Waals surface area contributed by atoms with Gasteiger partial charge in [-0.3, -0.25) is 5.41 Å². The molecule has 3 nitrogen and oxygen atoms in total. The quantitative estimate of drug-likeness (QED) is 0.548. The van der Waals surface area contributed by atoms with Crippen molar-refractivity contribution < 1.29 is 4.74 Å². The Balaban J connectivity index is 2.24. The molecule has 1 heterocycles. The van der Waals surface area contributed by atoms with E-state index in [0.717, 1.165) is 17.7 Å². The van der Waals surface area contributed by atoms with Crippen LogP contribution in [0.4, 0.5) is 0 Å². The van der Waals surface area contributed by atoms with Gasteiger partial charge in [-0.05, 0) is 24.1 Å². The normalized spacial score (nSPS) is 18.8. The van der Waals surface area contributed by atoms with E-state index in [2.05, 4.69) is 13.0 Å². The van der Waals surface area contributed by atoms with E-state index in [1.165, 1.54) is 5.56 Å². The fraction of sp³-hybridized carbons (Fsp3) is 0.364. The smallest absolute Gasteiger partial charge is 0.123 e. The Morgan fingerprint density at radius 2 is 2.43 bits per heavy atom. The third kappa shape index (κ3) is 1.71. The minimum Gasteiger partial charge on any atom is -0.490 e. The molecule has 0 amide bonds. The third-order valence-corrected chi connectivity index (χ3v) is 2.35. The molecule has 0 fully saturated rings. The van der Waals surface area contributed by atoms with Gasteiger partial charge in [0.15, 0.2) is 0 Å². The fourth-order valence-electron chi connectivity index (χ4n) is 1.81. The molecule has 1 aliphatic heterocycles. The molecule has 74 valence electrons. The Kier molecular flexibility index (Phi) is 2.15. The van der Waals surface area contributed by atoms with E-state index in [1.807, 2.05) is 12.1 Å². The monoisotopic (exact) mass is 190 g/mol. The maximum atomic E-state index is 7.21. The van der Waals surface area contributed by atoms with E-state index < -0.39 is 0 Å². The van der Waals surface area contributed by atoms with Gasteiger partial charge in [-0.2, -0.15) is 0 Å². The van der Waals surface area contributed by atoms with E-state index in [0.29, 0.717) is 6.42 Å². The number of fused-ring (bicyclic) bond motifs is 1. The van der Waals surface area contributed by atoms with Crippen molar-refractivity contribution in [1.29, 1.82) is 5.41 Å². The van der Waals surface area contributed by atoms with Crippen LogP contribution >= 0.6 is 0 Å². The number of benzene rings is 1. The van der Waals surface area contributed by atoms with Gasteiger partial charge in [0.05, 0.1) is 5.84 Å². The van der Waals surface area contributed by atoms with Crippen LogP contribution < -0.4 is 10.5 Å². The molecule has 0 bridgehead atoms. The number of ether oxygens (including phenoxy) is 1. The van der Waals surface area contributed by atoms with E-state index >= 15 is 0 Å². The topological polar surface area (TPSA) is 59.1 Å². The molecule has 2 rings (SSSR count). The fourth-order valence-corrected chi connectivity index (χ4v) is 1.81. The predicted octanol–water partition coefficient (Wildman–Crippen LogP) is 1.49. The molecule has 1 aliphatic rings.